The Labute approximate surface area is 95.5 Å². The first kappa shape index (κ1) is 9.52. The number of amides is 1. The Hall–Kier alpha value is -2.70. The van der Waals surface area contributed by atoms with Crippen LogP contribution in [0, 0.1) is 0 Å². The zero-order valence-corrected chi connectivity index (χ0v) is 8.66. The molecule has 84 valence electrons. The highest BCUT2D eigenvalue weighted by atomic mass is 16.1. The molecule has 2 N–H and O–H groups in total. The minimum atomic E-state index is -0.241. The number of carbonyl (C=O) groups is 1. The van der Waals surface area contributed by atoms with Gasteiger partial charge >= 0.3 is 0 Å². The lowest BCUT2D eigenvalue weighted by atomic mass is 10.3. The number of rotatable bonds is 2. The number of hydrogen-bond donors (Lipinski definition) is 2. The number of H-pyrrole nitrogens is 1. The third kappa shape index (κ3) is 1.63. The minimum Gasteiger partial charge on any atom is -0.319 e. The maximum absolute atomic E-state index is 12.0. The molecule has 17 heavy (non-hydrogen) atoms. The fourth-order valence-electron chi connectivity index (χ4n) is 1.53. The Kier molecular flexibility index (Phi) is 2.08. The predicted octanol–water partition coefficient (Wildman–Crippen LogP) is 0.705. The van der Waals surface area contributed by atoms with Gasteiger partial charge in [0.05, 0.1) is 35.4 Å². The molecule has 0 aliphatic carbocycles. The molecule has 0 fully saturated rings. The standard InChI is InChI=1S/C10H8N6O/c17-10(15-7-3-12-13-4-7)8-5-14-16-2-1-11-6-9(8)16/h1-6H,(H,12,13)(H,15,17). The first-order valence-electron chi connectivity index (χ1n) is 4.92. The van der Waals surface area contributed by atoms with Crippen molar-refractivity contribution in [3.8, 4) is 0 Å². The Morgan fingerprint density at radius 3 is 3.12 bits per heavy atom. The van der Waals surface area contributed by atoms with E-state index in [0.717, 1.165) is 0 Å². The van der Waals surface area contributed by atoms with Gasteiger partial charge in [0.2, 0.25) is 0 Å². The van der Waals surface area contributed by atoms with Crippen molar-refractivity contribution in [1.29, 1.82) is 0 Å². The molecule has 0 radical (unpaired) electrons. The largest absolute Gasteiger partial charge is 0.319 e. The number of hydrogen-bond acceptors (Lipinski definition) is 4. The lowest BCUT2D eigenvalue weighted by Crippen LogP contribution is -2.11. The van der Waals surface area contributed by atoms with Crippen LogP contribution in [0.1, 0.15) is 10.4 Å². The van der Waals surface area contributed by atoms with Gasteiger partial charge in [-0.15, -0.1) is 0 Å². The molecule has 0 spiro atoms. The van der Waals surface area contributed by atoms with Gasteiger partial charge in [-0.1, -0.05) is 0 Å². The van der Waals surface area contributed by atoms with Gasteiger partial charge in [0.15, 0.2) is 0 Å². The Balaban J connectivity index is 1.96. The number of fused-ring (bicyclic) bond motifs is 1. The molecule has 3 heterocycles. The number of aromatic nitrogens is 5. The van der Waals surface area contributed by atoms with Gasteiger partial charge in [-0.25, -0.2) is 4.52 Å². The highest BCUT2D eigenvalue weighted by molar-refractivity contribution is 6.08. The average Bonchev–Trinajstić information content (AvgIpc) is 2.96. The molecule has 0 aromatic carbocycles. The summed E-state index contributed by atoms with van der Waals surface area (Å²) in [6.07, 6.45) is 9.52. The zero-order chi connectivity index (χ0) is 11.7. The second-order valence-electron chi connectivity index (χ2n) is 3.41. The van der Waals surface area contributed by atoms with Crippen LogP contribution in [0.15, 0.2) is 37.2 Å². The van der Waals surface area contributed by atoms with E-state index in [1.807, 2.05) is 0 Å². The molecule has 7 nitrogen and oxygen atoms in total. The van der Waals surface area contributed by atoms with Crippen LogP contribution in [-0.4, -0.2) is 30.7 Å². The summed E-state index contributed by atoms with van der Waals surface area (Å²) in [6.45, 7) is 0. The normalized spacial score (nSPS) is 10.6. The summed E-state index contributed by atoms with van der Waals surface area (Å²) < 4.78 is 1.59. The first-order valence-corrected chi connectivity index (χ1v) is 4.92. The first-order chi connectivity index (χ1) is 8.34. The molecular weight excluding hydrogens is 220 g/mol. The van der Waals surface area contributed by atoms with Crippen LogP contribution >= 0.6 is 0 Å². The van der Waals surface area contributed by atoms with Gasteiger partial charge in [-0.05, 0) is 0 Å². The fraction of sp³-hybridized carbons (Fsp3) is 0. The van der Waals surface area contributed by atoms with Crippen LogP contribution in [0.25, 0.3) is 5.52 Å². The molecule has 0 bridgehead atoms. The molecule has 0 unspecified atom stereocenters. The van der Waals surface area contributed by atoms with Gasteiger partial charge in [-0.2, -0.15) is 10.2 Å². The van der Waals surface area contributed by atoms with Crippen molar-refractivity contribution < 1.29 is 4.79 Å². The topological polar surface area (TPSA) is 88.0 Å². The minimum absolute atomic E-state index is 0.241. The van der Waals surface area contributed by atoms with Crippen molar-refractivity contribution in [2.45, 2.75) is 0 Å². The molecular formula is C10H8N6O. The van der Waals surface area contributed by atoms with Gasteiger partial charge < -0.3 is 5.32 Å². The second kappa shape index (κ2) is 3.71. The molecule has 0 atom stereocenters. The molecule has 0 aliphatic rings. The third-order valence-electron chi connectivity index (χ3n) is 2.33. The highest BCUT2D eigenvalue weighted by Crippen LogP contribution is 2.11. The van der Waals surface area contributed by atoms with E-state index in [1.54, 1.807) is 29.3 Å². The van der Waals surface area contributed by atoms with E-state index in [4.69, 9.17) is 0 Å². The Morgan fingerprint density at radius 1 is 1.35 bits per heavy atom. The van der Waals surface area contributed by atoms with Crippen LogP contribution in [0.4, 0.5) is 5.69 Å². The molecule has 0 saturated heterocycles. The van der Waals surface area contributed by atoms with Crippen molar-refractivity contribution in [3.05, 3.63) is 42.7 Å². The van der Waals surface area contributed by atoms with E-state index in [-0.39, 0.29) is 5.91 Å². The summed E-state index contributed by atoms with van der Waals surface area (Å²) in [5.74, 6) is -0.241. The summed E-state index contributed by atoms with van der Waals surface area (Å²) in [7, 11) is 0. The predicted molar refractivity (Wildman–Crippen MR) is 59.5 cm³/mol. The molecule has 0 saturated carbocycles. The molecule has 0 aliphatic heterocycles. The molecule has 3 aromatic rings. The SMILES string of the molecule is O=C(Nc1cn[nH]c1)c1cnn2ccncc12. The molecule has 1 amide bonds. The quantitative estimate of drug-likeness (QED) is 0.676. The van der Waals surface area contributed by atoms with E-state index in [9.17, 15) is 4.79 Å². The van der Waals surface area contributed by atoms with E-state index >= 15 is 0 Å². The summed E-state index contributed by atoms with van der Waals surface area (Å²) >= 11 is 0. The van der Waals surface area contributed by atoms with Gasteiger partial charge in [0.1, 0.15) is 0 Å². The summed E-state index contributed by atoms with van der Waals surface area (Å²) in [4.78, 5) is 15.9. The average molecular weight is 228 g/mol. The molecule has 3 aromatic heterocycles. The third-order valence-corrected chi connectivity index (χ3v) is 2.33. The van der Waals surface area contributed by atoms with Gasteiger partial charge in [-0.3, -0.25) is 14.9 Å². The van der Waals surface area contributed by atoms with Crippen molar-refractivity contribution in [2.75, 3.05) is 5.32 Å². The van der Waals surface area contributed by atoms with E-state index < -0.39 is 0 Å². The summed E-state index contributed by atoms with van der Waals surface area (Å²) in [5, 5.41) is 13.1. The lowest BCUT2D eigenvalue weighted by Gasteiger charge is -1.99. The monoisotopic (exact) mass is 228 g/mol. The van der Waals surface area contributed by atoms with Crippen LogP contribution in [0.2, 0.25) is 0 Å². The van der Waals surface area contributed by atoms with E-state index in [2.05, 4.69) is 25.6 Å². The maximum Gasteiger partial charge on any atom is 0.259 e. The van der Waals surface area contributed by atoms with E-state index in [0.29, 0.717) is 16.8 Å². The number of nitrogens with zero attached hydrogens (tertiary/aromatic N) is 4. The Morgan fingerprint density at radius 2 is 2.29 bits per heavy atom. The van der Waals surface area contributed by atoms with Gasteiger partial charge in [0, 0.05) is 18.6 Å². The number of carbonyl (C=O) groups excluding carboxylic acids is 1. The van der Waals surface area contributed by atoms with Crippen molar-refractivity contribution >= 4 is 17.1 Å². The lowest BCUT2D eigenvalue weighted by molar-refractivity contribution is 0.102. The number of nitrogens with one attached hydrogen (secondary N) is 2. The second-order valence-corrected chi connectivity index (χ2v) is 3.41. The van der Waals surface area contributed by atoms with Crippen LogP contribution in [0.3, 0.4) is 0 Å². The van der Waals surface area contributed by atoms with Crippen molar-refractivity contribution in [1.82, 2.24) is 24.8 Å². The van der Waals surface area contributed by atoms with Gasteiger partial charge in [0.25, 0.3) is 5.91 Å². The smallest absolute Gasteiger partial charge is 0.259 e. The Bertz CT molecular complexity index is 656. The van der Waals surface area contributed by atoms with Crippen LogP contribution in [0.5, 0.6) is 0 Å². The summed E-state index contributed by atoms with van der Waals surface area (Å²) in [5.41, 5.74) is 1.74. The van der Waals surface area contributed by atoms with E-state index in [1.165, 1.54) is 12.4 Å². The number of aromatic amines is 1. The van der Waals surface area contributed by atoms with Crippen molar-refractivity contribution in [2.24, 2.45) is 0 Å². The zero-order valence-electron chi connectivity index (χ0n) is 8.66. The van der Waals surface area contributed by atoms with Crippen molar-refractivity contribution in [3.63, 3.8) is 0 Å². The summed E-state index contributed by atoms with van der Waals surface area (Å²) in [6, 6.07) is 0. The molecule has 3 rings (SSSR count). The maximum atomic E-state index is 12.0. The van der Waals surface area contributed by atoms with Crippen LogP contribution < -0.4 is 5.32 Å². The fourth-order valence-corrected chi connectivity index (χ4v) is 1.53. The highest BCUT2D eigenvalue weighted by Gasteiger charge is 2.12. The number of anilines is 1. The van der Waals surface area contributed by atoms with Crippen LogP contribution in [-0.2, 0) is 0 Å². The molecule has 7 heteroatoms.